The van der Waals surface area contributed by atoms with E-state index in [1.54, 1.807) is 12.1 Å². The monoisotopic (exact) mass is 386 g/mol. The molecular formula is C20H16F2N2O4. The molecule has 28 heavy (non-hydrogen) atoms. The molecule has 144 valence electrons. The lowest BCUT2D eigenvalue weighted by Gasteiger charge is -2.12. The largest absolute Gasteiger partial charge is 0.483 e. The quantitative estimate of drug-likeness (QED) is 0.678. The van der Waals surface area contributed by atoms with E-state index in [0.717, 1.165) is 23.8 Å². The van der Waals surface area contributed by atoms with Gasteiger partial charge in [-0.3, -0.25) is 4.79 Å². The number of rotatable bonds is 5. The highest BCUT2D eigenvalue weighted by Gasteiger charge is 2.15. The van der Waals surface area contributed by atoms with E-state index in [1.165, 1.54) is 13.2 Å². The first kappa shape index (κ1) is 19.2. The molecule has 1 N–H and O–H groups in total. The molecule has 0 radical (unpaired) electrons. The zero-order chi connectivity index (χ0) is 20.3. The Kier molecular flexibility index (Phi) is 5.49. The van der Waals surface area contributed by atoms with Crippen molar-refractivity contribution in [3.63, 3.8) is 0 Å². The standard InChI is InChI=1S/C20H16F2N2O4/c1-11-3-6-15-13(7-11)18(9-17(23-15)20(26)27-2)28-10-19(25)24-16-8-12(21)4-5-14(16)22/h3-9H,10H2,1-2H3,(H,24,25). The summed E-state index contributed by atoms with van der Waals surface area (Å²) in [5, 5.41) is 2.84. The van der Waals surface area contributed by atoms with Crippen LogP contribution in [0.25, 0.3) is 10.9 Å². The van der Waals surface area contributed by atoms with Crippen molar-refractivity contribution in [2.75, 3.05) is 19.0 Å². The molecule has 6 nitrogen and oxygen atoms in total. The molecule has 0 unspecified atom stereocenters. The maximum Gasteiger partial charge on any atom is 0.356 e. The van der Waals surface area contributed by atoms with Crippen molar-refractivity contribution < 1.29 is 27.8 Å². The van der Waals surface area contributed by atoms with Gasteiger partial charge in [0.25, 0.3) is 5.91 Å². The molecule has 3 aromatic rings. The van der Waals surface area contributed by atoms with Gasteiger partial charge in [0.1, 0.15) is 17.4 Å². The van der Waals surface area contributed by atoms with E-state index in [4.69, 9.17) is 4.74 Å². The molecule has 0 spiro atoms. The number of nitrogens with zero attached hydrogens (tertiary/aromatic N) is 1. The number of hydrogen-bond acceptors (Lipinski definition) is 5. The number of anilines is 1. The minimum atomic E-state index is -0.771. The van der Waals surface area contributed by atoms with Gasteiger partial charge in [0, 0.05) is 17.5 Å². The number of carbonyl (C=O) groups is 2. The van der Waals surface area contributed by atoms with Crippen molar-refractivity contribution in [2.45, 2.75) is 6.92 Å². The van der Waals surface area contributed by atoms with Crippen molar-refractivity contribution in [3.05, 3.63) is 65.4 Å². The minimum Gasteiger partial charge on any atom is -0.483 e. The van der Waals surface area contributed by atoms with Gasteiger partial charge >= 0.3 is 5.97 Å². The maximum atomic E-state index is 13.6. The number of amides is 1. The number of aryl methyl sites for hydroxylation is 1. The van der Waals surface area contributed by atoms with E-state index >= 15 is 0 Å². The van der Waals surface area contributed by atoms with Crippen LogP contribution in [0.15, 0.2) is 42.5 Å². The number of methoxy groups -OCH3 is 1. The average molecular weight is 386 g/mol. The molecule has 1 heterocycles. The number of nitrogens with one attached hydrogen (secondary N) is 1. The zero-order valence-electron chi connectivity index (χ0n) is 15.1. The number of halogens is 2. The molecule has 0 saturated carbocycles. The van der Waals surface area contributed by atoms with Crippen LogP contribution in [0.3, 0.4) is 0 Å². The van der Waals surface area contributed by atoms with Gasteiger partial charge in [0.2, 0.25) is 0 Å². The lowest BCUT2D eigenvalue weighted by atomic mass is 10.1. The van der Waals surface area contributed by atoms with Gasteiger partial charge in [0.05, 0.1) is 18.3 Å². The molecule has 1 aromatic heterocycles. The highest BCUT2D eigenvalue weighted by atomic mass is 19.1. The highest BCUT2D eigenvalue weighted by molar-refractivity contribution is 5.95. The molecule has 0 fully saturated rings. The van der Waals surface area contributed by atoms with E-state index in [9.17, 15) is 18.4 Å². The number of fused-ring (bicyclic) bond motifs is 1. The summed E-state index contributed by atoms with van der Waals surface area (Å²) < 4.78 is 37.1. The third kappa shape index (κ3) is 4.22. The number of benzene rings is 2. The summed E-state index contributed by atoms with van der Waals surface area (Å²) in [5.74, 6) is -2.56. The number of pyridine rings is 1. The summed E-state index contributed by atoms with van der Waals surface area (Å²) in [6, 6.07) is 9.42. The summed E-state index contributed by atoms with van der Waals surface area (Å²) >= 11 is 0. The van der Waals surface area contributed by atoms with Crippen LogP contribution in [-0.2, 0) is 9.53 Å². The van der Waals surface area contributed by atoms with E-state index < -0.39 is 30.1 Å². The second-order valence-corrected chi connectivity index (χ2v) is 5.98. The van der Waals surface area contributed by atoms with Crippen LogP contribution >= 0.6 is 0 Å². The van der Waals surface area contributed by atoms with Crippen LogP contribution in [0.5, 0.6) is 5.75 Å². The van der Waals surface area contributed by atoms with Gasteiger partial charge in [-0.05, 0) is 31.2 Å². The topological polar surface area (TPSA) is 77.5 Å². The first-order valence-electron chi connectivity index (χ1n) is 8.25. The first-order chi connectivity index (χ1) is 13.4. The number of carbonyl (C=O) groups excluding carboxylic acids is 2. The van der Waals surface area contributed by atoms with Crippen LogP contribution in [0.1, 0.15) is 16.1 Å². The summed E-state index contributed by atoms with van der Waals surface area (Å²) in [4.78, 5) is 28.1. The first-order valence-corrected chi connectivity index (χ1v) is 8.25. The SMILES string of the molecule is COC(=O)c1cc(OCC(=O)Nc2cc(F)ccc2F)c2cc(C)ccc2n1. The van der Waals surface area contributed by atoms with E-state index in [2.05, 4.69) is 15.0 Å². The van der Waals surface area contributed by atoms with E-state index in [0.29, 0.717) is 10.9 Å². The molecule has 0 aliphatic carbocycles. The van der Waals surface area contributed by atoms with Crippen LogP contribution < -0.4 is 10.1 Å². The third-order valence-corrected chi connectivity index (χ3v) is 3.88. The smallest absolute Gasteiger partial charge is 0.356 e. The normalized spacial score (nSPS) is 10.6. The molecule has 3 rings (SSSR count). The summed E-state index contributed by atoms with van der Waals surface area (Å²) in [5.41, 5.74) is 1.14. The summed E-state index contributed by atoms with van der Waals surface area (Å²) in [7, 11) is 1.23. The van der Waals surface area contributed by atoms with Crippen LogP contribution in [0, 0.1) is 18.6 Å². The Labute approximate surface area is 159 Å². The molecule has 0 aliphatic heterocycles. The zero-order valence-corrected chi connectivity index (χ0v) is 15.1. The Hall–Kier alpha value is -3.55. The molecule has 2 aromatic carbocycles. The predicted molar refractivity (Wildman–Crippen MR) is 98.3 cm³/mol. The molecule has 0 bridgehead atoms. The number of hydrogen-bond donors (Lipinski definition) is 1. The van der Waals surface area contributed by atoms with Gasteiger partial charge in [0.15, 0.2) is 12.3 Å². The van der Waals surface area contributed by atoms with Crippen LogP contribution in [0.2, 0.25) is 0 Å². The fraction of sp³-hybridized carbons (Fsp3) is 0.150. The van der Waals surface area contributed by atoms with Crippen LogP contribution in [-0.4, -0.2) is 30.6 Å². The average Bonchev–Trinajstić information content (AvgIpc) is 2.68. The second-order valence-electron chi connectivity index (χ2n) is 5.98. The van der Waals surface area contributed by atoms with E-state index in [-0.39, 0.29) is 17.1 Å². The fourth-order valence-electron chi connectivity index (χ4n) is 2.56. The summed E-state index contributed by atoms with van der Waals surface area (Å²) in [6.07, 6.45) is 0. The Morgan fingerprint density at radius 1 is 1.11 bits per heavy atom. The Bertz CT molecular complexity index is 1070. The Morgan fingerprint density at radius 2 is 1.89 bits per heavy atom. The number of aromatic nitrogens is 1. The lowest BCUT2D eigenvalue weighted by molar-refractivity contribution is -0.118. The minimum absolute atomic E-state index is 0.0189. The van der Waals surface area contributed by atoms with Crippen molar-refractivity contribution >= 4 is 28.5 Å². The van der Waals surface area contributed by atoms with Crippen molar-refractivity contribution in [2.24, 2.45) is 0 Å². The Balaban J connectivity index is 1.84. The third-order valence-electron chi connectivity index (χ3n) is 3.88. The lowest BCUT2D eigenvalue weighted by Crippen LogP contribution is -2.21. The maximum absolute atomic E-state index is 13.6. The van der Waals surface area contributed by atoms with Gasteiger partial charge in [-0.1, -0.05) is 11.6 Å². The highest BCUT2D eigenvalue weighted by Crippen LogP contribution is 2.27. The fourth-order valence-corrected chi connectivity index (χ4v) is 2.56. The van der Waals surface area contributed by atoms with Crippen molar-refractivity contribution in [3.8, 4) is 5.75 Å². The second kappa shape index (κ2) is 7.99. The summed E-state index contributed by atoms with van der Waals surface area (Å²) in [6.45, 7) is 1.39. The molecule has 0 aliphatic rings. The van der Waals surface area contributed by atoms with Crippen molar-refractivity contribution in [1.82, 2.24) is 4.98 Å². The molecule has 8 heteroatoms. The predicted octanol–water partition coefficient (Wildman–Crippen LogP) is 3.63. The van der Waals surface area contributed by atoms with Crippen LogP contribution in [0.4, 0.5) is 14.5 Å². The van der Waals surface area contributed by atoms with Gasteiger partial charge in [-0.15, -0.1) is 0 Å². The van der Waals surface area contributed by atoms with Gasteiger partial charge in [-0.2, -0.15) is 0 Å². The van der Waals surface area contributed by atoms with E-state index in [1.807, 2.05) is 13.0 Å². The molecular weight excluding hydrogens is 370 g/mol. The Morgan fingerprint density at radius 3 is 2.64 bits per heavy atom. The molecule has 1 amide bonds. The van der Waals surface area contributed by atoms with Crippen molar-refractivity contribution in [1.29, 1.82) is 0 Å². The van der Waals surface area contributed by atoms with Gasteiger partial charge < -0.3 is 14.8 Å². The molecule has 0 saturated heterocycles. The van der Waals surface area contributed by atoms with Gasteiger partial charge in [-0.25, -0.2) is 18.6 Å². The number of ether oxygens (including phenoxy) is 2. The molecule has 0 atom stereocenters. The number of esters is 1.